The molecule has 20 heavy (non-hydrogen) atoms. The summed E-state index contributed by atoms with van der Waals surface area (Å²) in [5, 5.41) is 4.71. The quantitative estimate of drug-likeness (QED) is 0.913. The number of anilines is 1. The molecule has 1 atom stereocenters. The van der Waals surface area contributed by atoms with Crippen molar-refractivity contribution in [1.82, 2.24) is 10.3 Å². The van der Waals surface area contributed by atoms with Crippen LogP contribution in [-0.2, 0) is 0 Å². The highest BCUT2D eigenvalue weighted by Gasteiger charge is 2.19. The van der Waals surface area contributed by atoms with E-state index in [2.05, 4.69) is 41.4 Å². The molecule has 4 heteroatoms. The molecular formula is C16H23N3S. The van der Waals surface area contributed by atoms with Gasteiger partial charge in [0.2, 0.25) is 0 Å². The van der Waals surface area contributed by atoms with E-state index in [-0.39, 0.29) is 0 Å². The average molecular weight is 289 g/mol. The summed E-state index contributed by atoms with van der Waals surface area (Å²) in [6, 6.07) is 8.45. The first kappa shape index (κ1) is 13.8. The molecule has 1 aliphatic heterocycles. The van der Waals surface area contributed by atoms with Crippen molar-refractivity contribution in [3.63, 3.8) is 0 Å². The van der Waals surface area contributed by atoms with Crippen LogP contribution in [0.2, 0.25) is 0 Å². The van der Waals surface area contributed by atoms with Crippen LogP contribution >= 0.6 is 11.3 Å². The molecule has 1 saturated heterocycles. The summed E-state index contributed by atoms with van der Waals surface area (Å²) in [5.74, 6) is 0.766. The molecule has 1 aromatic carbocycles. The van der Waals surface area contributed by atoms with E-state index in [1.165, 1.54) is 35.6 Å². The smallest absolute Gasteiger partial charge is 0.186 e. The Bertz CT molecular complexity index is 512. The highest BCUT2D eigenvalue weighted by Crippen LogP contribution is 2.29. The number of nitrogens with one attached hydrogen (secondary N) is 1. The molecule has 0 radical (unpaired) electrons. The predicted octanol–water partition coefficient (Wildman–Crippen LogP) is 3.51. The molecule has 0 aliphatic carbocycles. The number of benzene rings is 1. The van der Waals surface area contributed by atoms with E-state index < -0.39 is 0 Å². The van der Waals surface area contributed by atoms with Crippen LogP contribution in [-0.4, -0.2) is 31.2 Å². The van der Waals surface area contributed by atoms with Gasteiger partial charge in [-0.25, -0.2) is 4.98 Å². The second kappa shape index (κ2) is 6.55. The van der Waals surface area contributed by atoms with Crippen molar-refractivity contribution < 1.29 is 0 Å². The fourth-order valence-corrected chi connectivity index (χ4v) is 3.92. The van der Waals surface area contributed by atoms with Gasteiger partial charge < -0.3 is 10.2 Å². The van der Waals surface area contributed by atoms with Crippen LogP contribution in [0.3, 0.4) is 0 Å². The van der Waals surface area contributed by atoms with Gasteiger partial charge in [0.15, 0.2) is 5.13 Å². The van der Waals surface area contributed by atoms with E-state index in [0.29, 0.717) is 0 Å². The Hall–Kier alpha value is -1.13. The normalized spacial score (nSPS) is 19.4. The minimum Gasteiger partial charge on any atom is -0.348 e. The van der Waals surface area contributed by atoms with Crippen LogP contribution in [0.25, 0.3) is 10.2 Å². The molecule has 0 bridgehead atoms. The molecule has 0 spiro atoms. The van der Waals surface area contributed by atoms with Gasteiger partial charge in [0, 0.05) is 13.1 Å². The van der Waals surface area contributed by atoms with Crippen molar-refractivity contribution in [1.29, 1.82) is 0 Å². The maximum absolute atomic E-state index is 4.82. The standard InChI is InChI=1S/C16H23N3S/c1-2-10-19(12-13-6-5-9-17-11-13)16-18-14-7-3-4-8-15(14)20-16/h3-4,7-8,13,17H,2,5-6,9-12H2,1H3. The summed E-state index contributed by atoms with van der Waals surface area (Å²) < 4.78 is 1.30. The van der Waals surface area contributed by atoms with E-state index in [0.717, 1.165) is 31.1 Å². The van der Waals surface area contributed by atoms with Crippen LogP contribution in [0.5, 0.6) is 0 Å². The second-order valence-electron chi connectivity index (χ2n) is 5.62. The summed E-state index contributed by atoms with van der Waals surface area (Å²) >= 11 is 1.83. The lowest BCUT2D eigenvalue weighted by molar-refractivity contribution is 0.376. The molecule has 2 aromatic rings. The van der Waals surface area contributed by atoms with Gasteiger partial charge in [-0.1, -0.05) is 30.4 Å². The Kier molecular flexibility index (Phi) is 4.53. The molecule has 1 unspecified atom stereocenters. The van der Waals surface area contributed by atoms with Gasteiger partial charge in [-0.15, -0.1) is 0 Å². The molecule has 108 valence electrons. The van der Waals surface area contributed by atoms with E-state index in [4.69, 9.17) is 4.98 Å². The summed E-state index contributed by atoms with van der Waals surface area (Å²) in [7, 11) is 0. The van der Waals surface area contributed by atoms with E-state index in [9.17, 15) is 0 Å². The van der Waals surface area contributed by atoms with Crippen LogP contribution in [0.15, 0.2) is 24.3 Å². The third kappa shape index (κ3) is 3.13. The van der Waals surface area contributed by atoms with Crippen LogP contribution in [0.4, 0.5) is 5.13 Å². The number of nitrogens with zero attached hydrogens (tertiary/aromatic N) is 2. The van der Waals surface area contributed by atoms with Crippen molar-refractivity contribution in [2.24, 2.45) is 5.92 Å². The Morgan fingerprint density at radius 1 is 1.40 bits per heavy atom. The SMILES string of the molecule is CCCN(CC1CCCNC1)c1nc2ccccc2s1. The average Bonchev–Trinajstić information content (AvgIpc) is 2.92. The van der Waals surface area contributed by atoms with Crippen molar-refractivity contribution in [2.75, 3.05) is 31.1 Å². The summed E-state index contributed by atoms with van der Waals surface area (Å²) in [6.45, 7) is 6.84. The summed E-state index contributed by atoms with van der Waals surface area (Å²) in [4.78, 5) is 7.31. The first-order valence-corrected chi connectivity index (χ1v) is 8.49. The third-order valence-electron chi connectivity index (χ3n) is 3.92. The molecule has 2 heterocycles. The Morgan fingerprint density at radius 3 is 3.05 bits per heavy atom. The number of para-hydroxylation sites is 1. The fraction of sp³-hybridized carbons (Fsp3) is 0.562. The monoisotopic (exact) mass is 289 g/mol. The second-order valence-corrected chi connectivity index (χ2v) is 6.63. The number of hydrogen-bond donors (Lipinski definition) is 1. The molecule has 0 saturated carbocycles. The fourth-order valence-electron chi connectivity index (χ4n) is 2.92. The maximum atomic E-state index is 4.82. The Morgan fingerprint density at radius 2 is 2.30 bits per heavy atom. The Balaban J connectivity index is 1.77. The molecule has 3 nitrogen and oxygen atoms in total. The zero-order valence-electron chi connectivity index (χ0n) is 12.1. The van der Waals surface area contributed by atoms with Gasteiger partial charge in [-0.2, -0.15) is 0 Å². The lowest BCUT2D eigenvalue weighted by Crippen LogP contribution is -2.38. The topological polar surface area (TPSA) is 28.2 Å². The Labute approximate surface area is 125 Å². The zero-order valence-corrected chi connectivity index (χ0v) is 13.0. The van der Waals surface area contributed by atoms with Gasteiger partial charge >= 0.3 is 0 Å². The van der Waals surface area contributed by atoms with E-state index >= 15 is 0 Å². The predicted molar refractivity (Wildman–Crippen MR) is 87.7 cm³/mol. The molecular weight excluding hydrogens is 266 g/mol. The first-order chi connectivity index (χ1) is 9.86. The van der Waals surface area contributed by atoms with Gasteiger partial charge in [0.25, 0.3) is 0 Å². The number of aromatic nitrogens is 1. The maximum Gasteiger partial charge on any atom is 0.186 e. The van der Waals surface area contributed by atoms with Gasteiger partial charge in [-0.05, 0) is 50.4 Å². The number of hydrogen-bond acceptors (Lipinski definition) is 4. The molecule has 3 rings (SSSR count). The summed E-state index contributed by atoms with van der Waals surface area (Å²) in [6.07, 6.45) is 3.83. The molecule has 1 aliphatic rings. The largest absolute Gasteiger partial charge is 0.348 e. The van der Waals surface area contributed by atoms with Crippen LogP contribution < -0.4 is 10.2 Å². The van der Waals surface area contributed by atoms with Crippen molar-refractivity contribution in [3.8, 4) is 0 Å². The van der Waals surface area contributed by atoms with Gasteiger partial charge in [0.05, 0.1) is 10.2 Å². The van der Waals surface area contributed by atoms with Gasteiger partial charge in [0.1, 0.15) is 0 Å². The number of piperidine rings is 1. The first-order valence-electron chi connectivity index (χ1n) is 7.68. The highest BCUT2D eigenvalue weighted by atomic mass is 32.1. The highest BCUT2D eigenvalue weighted by molar-refractivity contribution is 7.22. The number of rotatable bonds is 5. The molecule has 1 fully saturated rings. The summed E-state index contributed by atoms with van der Waals surface area (Å²) in [5.41, 5.74) is 1.13. The van der Waals surface area contributed by atoms with Crippen molar-refractivity contribution in [3.05, 3.63) is 24.3 Å². The number of fused-ring (bicyclic) bond motifs is 1. The molecule has 1 aromatic heterocycles. The minimum atomic E-state index is 0.766. The number of thiazole rings is 1. The van der Waals surface area contributed by atoms with E-state index in [1.54, 1.807) is 0 Å². The van der Waals surface area contributed by atoms with Gasteiger partial charge in [-0.3, -0.25) is 0 Å². The van der Waals surface area contributed by atoms with Crippen LogP contribution in [0, 0.1) is 5.92 Å². The molecule has 1 N–H and O–H groups in total. The minimum absolute atomic E-state index is 0.766. The lowest BCUT2D eigenvalue weighted by atomic mass is 9.99. The van der Waals surface area contributed by atoms with Crippen molar-refractivity contribution in [2.45, 2.75) is 26.2 Å². The van der Waals surface area contributed by atoms with Crippen LogP contribution in [0.1, 0.15) is 26.2 Å². The van der Waals surface area contributed by atoms with Crippen molar-refractivity contribution >= 4 is 26.7 Å². The third-order valence-corrected chi connectivity index (χ3v) is 5.02. The van der Waals surface area contributed by atoms with E-state index in [1.807, 2.05) is 11.3 Å². The lowest BCUT2D eigenvalue weighted by Gasteiger charge is -2.29. The molecule has 0 amide bonds. The zero-order chi connectivity index (χ0) is 13.8.